The molecule has 0 bridgehead atoms. The monoisotopic (exact) mass is 302 g/mol. The van der Waals surface area contributed by atoms with Crippen LogP contribution in [0.4, 0.5) is 5.69 Å². The molecule has 0 amide bonds. The SMILES string of the molecule is CCC(CC)NS(=O)(=O)c1cc([N+](=O)[O-])ccc1OC. The standard InChI is InChI=1S/C12H18N2O5S/c1-4-9(5-2)13-20(17,18)12-8-10(14(15)16)6-7-11(12)19-3/h6-9,13H,4-5H2,1-3H3. The molecule has 1 aromatic carbocycles. The molecule has 0 aliphatic heterocycles. The molecule has 0 fully saturated rings. The molecular weight excluding hydrogens is 284 g/mol. The largest absolute Gasteiger partial charge is 0.495 e. The van der Waals surface area contributed by atoms with Gasteiger partial charge in [-0.2, -0.15) is 0 Å². The number of sulfonamides is 1. The van der Waals surface area contributed by atoms with Crippen molar-refractivity contribution in [1.29, 1.82) is 0 Å². The first-order valence-electron chi connectivity index (χ1n) is 6.20. The highest BCUT2D eigenvalue weighted by molar-refractivity contribution is 7.89. The smallest absolute Gasteiger partial charge is 0.271 e. The maximum Gasteiger partial charge on any atom is 0.271 e. The van der Waals surface area contributed by atoms with E-state index in [2.05, 4.69) is 4.72 Å². The lowest BCUT2D eigenvalue weighted by Gasteiger charge is -2.16. The lowest BCUT2D eigenvalue weighted by molar-refractivity contribution is -0.385. The molecule has 0 saturated heterocycles. The lowest BCUT2D eigenvalue weighted by Crippen LogP contribution is -2.34. The molecule has 0 radical (unpaired) electrons. The van der Waals surface area contributed by atoms with E-state index in [1.165, 1.54) is 19.2 Å². The summed E-state index contributed by atoms with van der Waals surface area (Å²) in [6.07, 6.45) is 1.26. The third-order valence-corrected chi connectivity index (χ3v) is 4.50. The Balaban J connectivity index is 3.28. The first-order chi connectivity index (χ1) is 9.35. The Kier molecular flexibility index (Phi) is 5.46. The molecule has 1 N–H and O–H groups in total. The van der Waals surface area contributed by atoms with Gasteiger partial charge in [0.1, 0.15) is 10.6 Å². The second-order valence-corrected chi connectivity index (χ2v) is 5.91. The van der Waals surface area contributed by atoms with Crippen molar-refractivity contribution >= 4 is 15.7 Å². The highest BCUT2D eigenvalue weighted by Gasteiger charge is 2.24. The molecule has 0 unspecified atom stereocenters. The van der Waals surface area contributed by atoms with Crippen molar-refractivity contribution in [2.24, 2.45) is 0 Å². The molecule has 0 aliphatic rings. The van der Waals surface area contributed by atoms with E-state index in [0.717, 1.165) is 6.07 Å². The molecule has 20 heavy (non-hydrogen) atoms. The fraction of sp³-hybridized carbons (Fsp3) is 0.500. The van der Waals surface area contributed by atoms with Gasteiger partial charge in [-0.25, -0.2) is 13.1 Å². The average Bonchev–Trinajstić information content (AvgIpc) is 2.43. The first-order valence-corrected chi connectivity index (χ1v) is 7.68. The number of nitrogens with zero attached hydrogens (tertiary/aromatic N) is 1. The van der Waals surface area contributed by atoms with Gasteiger partial charge in [0.2, 0.25) is 10.0 Å². The second kappa shape index (κ2) is 6.67. The lowest BCUT2D eigenvalue weighted by atomic mass is 10.2. The van der Waals surface area contributed by atoms with Crippen LogP contribution in [-0.4, -0.2) is 26.5 Å². The van der Waals surface area contributed by atoms with Crippen LogP contribution in [0.2, 0.25) is 0 Å². The number of benzene rings is 1. The van der Waals surface area contributed by atoms with E-state index in [1.807, 2.05) is 13.8 Å². The minimum Gasteiger partial charge on any atom is -0.495 e. The topological polar surface area (TPSA) is 98.5 Å². The highest BCUT2D eigenvalue weighted by Crippen LogP contribution is 2.28. The summed E-state index contributed by atoms with van der Waals surface area (Å²) in [5.41, 5.74) is -0.296. The molecule has 0 aliphatic carbocycles. The molecule has 7 nitrogen and oxygen atoms in total. The maximum atomic E-state index is 12.3. The van der Waals surface area contributed by atoms with Crippen molar-refractivity contribution < 1.29 is 18.1 Å². The van der Waals surface area contributed by atoms with Crippen LogP contribution in [0.1, 0.15) is 26.7 Å². The third-order valence-electron chi connectivity index (χ3n) is 2.95. The molecule has 0 aromatic heterocycles. The van der Waals surface area contributed by atoms with Crippen molar-refractivity contribution in [3.63, 3.8) is 0 Å². The van der Waals surface area contributed by atoms with E-state index < -0.39 is 14.9 Å². The fourth-order valence-electron chi connectivity index (χ4n) is 1.73. The van der Waals surface area contributed by atoms with E-state index in [-0.39, 0.29) is 22.4 Å². The van der Waals surface area contributed by atoms with Gasteiger partial charge < -0.3 is 4.74 Å². The van der Waals surface area contributed by atoms with Gasteiger partial charge in [0.15, 0.2) is 0 Å². The number of rotatable bonds is 7. The van der Waals surface area contributed by atoms with Crippen molar-refractivity contribution in [3.05, 3.63) is 28.3 Å². The molecule has 1 rings (SSSR count). The molecular formula is C12H18N2O5S. The molecule has 0 heterocycles. The summed E-state index contributed by atoms with van der Waals surface area (Å²) in [6.45, 7) is 3.72. The quantitative estimate of drug-likeness (QED) is 0.614. The zero-order chi connectivity index (χ0) is 15.3. The van der Waals surface area contributed by atoms with Crippen molar-refractivity contribution in [1.82, 2.24) is 4.72 Å². The van der Waals surface area contributed by atoms with Crippen LogP contribution in [-0.2, 0) is 10.0 Å². The van der Waals surface area contributed by atoms with E-state index in [1.54, 1.807) is 0 Å². The average molecular weight is 302 g/mol. The molecule has 8 heteroatoms. The highest BCUT2D eigenvalue weighted by atomic mass is 32.2. The zero-order valence-electron chi connectivity index (χ0n) is 11.6. The number of hydrogen-bond acceptors (Lipinski definition) is 5. The van der Waals surface area contributed by atoms with Gasteiger partial charge in [-0.05, 0) is 18.9 Å². The van der Waals surface area contributed by atoms with Crippen LogP contribution >= 0.6 is 0 Å². The molecule has 1 aromatic rings. The predicted molar refractivity (Wildman–Crippen MR) is 74.3 cm³/mol. The van der Waals surface area contributed by atoms with E-state index in [9.17, 15) is 18.5 Å². The minimum atomic E-state index is -3.86. The van der Waals surface area contributed by atoms with Crippen LogP contribution in [0.15, 0.2) is 23.1 Å². The predicted octanol–water partition coefficient (Wildman–Crippen LogP) is 2.07. The number of methoxy groups -OCH3 is 1. The number of nitrogens with one attached hydrogen (secondary N) is 1. The number of non-ortho nitro benzene ring substituents is 1. The Morgan fingerprint density at radius 3 is 2.40 bits per heavy atom. The van der Waals surface area contributed by atoms with Gasteiger partial charge >= 0.3 is 0 Å². The van der Waals surface area contributed by atoms with Crippen molar-refractivity contribution in [2.45, 2.75) is 37.6 Å². The summed E-state index contributed by atoms with van der Waals surface area (Å²) < 4.78 is 32.1. The number of ether oxygens (including phenoxy) is 1. The minimum absolute atomic E-state index is 0.0778. The Hall–Kier alpha value is -1.67. The molecule has 0 saturated carbocycles. The van der Waals surface area contributed by atoms with Crippen LogP contribution in [0.5, 0.6) is 5.75 Å². The summed E-state index contributed by atoms with van der Waals surface area (Å²) in [5, 5.41) is 10.8. The van der Waals surface area contributed by atoms with Gasteiger partial charge in [0.05, 0.1) is 12.0 Å². The number of nitro benzene ring substituents is 1. The second-order valence-electron chi connectivity index (χ2n) is 4.23. The van der Waals surface area contributed by atoms with Gasteiger partial charge in [0.25, 0.3) is 5.69 Å². The maximum absolute atomic E-state index is 12.3. The summed E-state index contributed by atoms with van der Waals surface area (Å²) >= 11 is 0. The summed E-state index contributed by atoms with van der Waals surface area (Å²) in [7, 11) is -2.55. The van der Waals surface area contributed by atoms with Crippen LogP contribution < -0.4 is 9.46 Å². The van der Waals surface area contributed by atoms with Gasteiger partial charge in [0, 0.05) is 18.2 Å². The fourth-order valence-corrected chi connectivity index (χ4v) is 3.32. The summed E-state index contributed by atoms with van der Waals surface area (Å²) in [5.74, 6) is 0.0778. The van der Waals surface area contributed by atoms with Gasteiger partial charge in [-0.1, -0.05) is 13.8 Å². The van der Waals surface area contributed by atoms with Crippen LogP contribution in [0.3, 0.4) is 0 Å². The van der Waals surface area contributed by atoms with E-state index >= 15 is 0 Å². The Morgan fingerprint density at radius 1 is 1.35 bits per heavy atom. The number of nitro groups is 1. The summed E-state index contributed by atoms with van der Waals surface area (Å²) in [4.78, 5) is 9.90. The van der Waals surface area contributed by atoms with Gasteiger partial charge in [-0.3, -0.25) is 10.1 Å². The Labute approximate surface area is 118 Å². The Morgan fingerprint density at radius 2 is 1.95 bits per heavy atom. The van der Waals surface area contributed by atoms with Gasteiger partial charge in [-0.15, -0.1) is 0 Å². The van der Waals surface area contributed by atoms with Crippen molar-refractivity contribution in [2.75, 3.05) is 7.11 Å². The van der Waals surface area contributed by atoms with E-state index in [0.29, 0.717) is 12.8 Å². The summed E-state index contributed by atoms with van der Waals surface area (Å²) in [6, 6.07) is 3.27. The van der Waals surface area contributed by atoms with Crippen LogP contribution in [0.25, 0.3) is 0 Å². The molecule has 0 atom stereocenters. The number of hydrogen-bond donors (Lipinski definition) is 1. The zero-order valence-corrected chi connectivity index (χ0v) is 12.4. The van der Waals surface area contributed by atoms with Crippen molar-refractivity contribution in [3.8, 4) is 5.75 Å². The third kappa shape index (κ3) is 3.67. The normalized spacial score (nSPS) is 11.6. The molecule has 112 valence electrons. The van der Waals surface area contributed by atoms with Crippen LogP contribution in [0, 0.1) is 10.1 Å². The molecule has 0 spiro atoms. The Bertz CT molecular complexity index is 582. The van der Waals surface area contributed by atoms with E-state index in [4.69, 9.17) is 4.74 Å². The first kappa shape index (κ1) is 16.4.